The van der Waals surface area contributed by atoms with Crippen molar-refractivity contribution in [3.63, 3.8) is 0 Å². The molecule has 0 aromatic carbocycles. The fraction of sp³-hybridized carbons (Fsp3) is 0.476. The molecule has 0 radical (unpaired) electrons. The van der Waals surface area contributed by atoms with Crippen LogP contribution in [-0.4, -0.2) is 57.6 Å². The molecule has 2 aromatic heterocycles. The highest BCUT2D eigenvalue weighted by Crippen LogP contribution is 2.23. The highest BCUT2D eigenvalue weighted by Gasteiger charge is 2.25. The van der Waals surface area contributed by atoms with E-state index in [1.807, 2.05) is 47.9 Å². The third kappa shape index (κ3) is 4.76. The average Bonchev–Trinajstić information content (AvgIpc) is 3.22. The number of carbonyl (C=O) groups excluding carboxylic acids is 1. The number of aromatic nitrogens is 2. The average molecular weight is 400 g/mol. The van der Waals surface area contributed by atoms with Gasteiger partial charge in [-0.05, 0) is 31.2 Å². The van der Waals surface area contributed by atoms with E-state index in [9.17, 15) is 4.79 Å². The summed E-state index contributed by atoms with van der Waals surface area (Å²) in [5.41, 5.74) is 1.55. The number of hydrogen-bond donors (Lipinski definition) is 0. The van der Waals surface area contributed by atoms with Gasteiger partial charge in [0.1, 0.15) is 12.2 Å². The van der Waals surface area contributed by atoms with E-state index in [0.29, 0.717) is 30.4 Å². The second-order valence-corrected chi connectivity index (χ2v) is 8.37. The molecule has 0 bridgehead atoms. The Balaban J connectivity index is 1.28. The first-order chi connectivity index (χ1) is 13.7. The van der Waals surface area contributed by atoms with Gasteiger partial charge in [0.25, 0.3) is 5.91 Å². The van der Waals surface area contributed by atoms with Crippen LogP contribution in [0.15, 0.2) is 36.5 Å². The molecule has 4 heterocycles. The van der Waals surface area contributed by atoms with E-state index in [1.165, 1.54) is 0 Å². The van der Waals surface area contributed by atoms with Crippen molar-refractivity contribution in [3.8, 4) is 11.8 Å². The summed E-state index contributed by atoms with van der Waals surface area (Å²) in [7, 11) is 0. The standard InChI is InChI=1S/C21H25N3O3S/c1-15-3-2-4-20(23-15)26-17-7-10-24(11-8-17)21(25)16-5-6-19(22-13-16)27-18-9-12-28-14-18/h2-6,13,17-18H,7-12,14H2,1H3/t18-/m1/s1. The Morgan fingerprint density at radius 1 is 1.07 bits per heavy atom. The highest BCUT2D eigenvalue weighted by atomic mass is 32.2. The van der Waals surface area contributed by atoms with Crippen LogP contribution >= 0.6 is 11.8 Å². The molecular formula is C21H25N3O3S. The first-order valence-electron chi connectivity index (χ1n) is 9.77. The van der Waals surface area contributed by atoms with Crippen LogP contribution in [-0.2, 0) is 0 Å². The van der Waals surface area contributed by atoms with Crippen molar-refractivity contribution < 1.29 is 14.3 Å². The third-order valence-corrected chi connectivity index (χ3v) is 6.17. The molecule has 7 heteroatoms. The fourth-order valence-electron chi connectivity index (χ4n) is 3.47. The smallest absolute Gasteiger partial charge is 0.255 e. The minimum Gasteiger partial charge on any atom is -0.474 e. The first kappa shape index (κ1) is 19.1. The molecule has 4 rings (SSSR count). The Bertz CT molecular complexity index is 801. The van der Waals surface area contributed by atoms with Crippen LogP contribution in [0.5, 0.6) is 11.8 Å². The molecule has 2 aromatic rings. The minimum atomic E-state index is 0.0163. The van der Waals surface area contributed by atoms with Crippen molar-refractivity contribution in [3.05, 3.63) is 47.8 Å². The number of thioether (sulfide) groups is 1. The summed E-state index contributed by atoms with van der Waals surface area (Å²) in [6, 6.07) is 9.39. The summed E-state index contributed by atoms with van der Waals surface area (Å²) >= 11 is 1.90. The number of rotatable bonds is 5. The number of nitrogens with zero attached hydrogens (tertiary/aromatic N) is 3. The molecule has 148 valence electrons. The van der Waals surface area contributed by atoms with Crippen molar-refractivity contribution in [2.75, 3.05) is 24.6 Å². The van der Waals surface area contributed by atoms with Crippen molar-refractivity contribution in [1.29, 1.82) is 0 Å². The van der Waals surface area contributed by atoms with Crippen LogP contribution < -0.4 is 9.47 Å². The maximum atomic E-state index is 12.8. The van der Waals surface area contributed by atoms with Crippen LogP contribution in [0.4, 0.5) is 0 Å². The summed E-state index contributed by atoms with van der Waals surface area (Å²) < 4.78 is 11.8. The van der Waals surface area contributed by atoms with Crippen LogP contribution in [0.25, 0.3) is 0 Å². The molecule has 28 heavy (non-hydrogen) atoms. The lowest BCUT2D eigenvalue weighted by Crippen LogP contribution is -2.41. The second-order valence-electron chi connectivity index (χ2n) is 7.22. The van der Waals surface area contributed by atoms with Crippen LogP contribution in [0.1, 0.15) is 35.3 Å². The number of likely N-dealkylation sites (tertiary alicyclic amines) is 1. The number of hydrogen-bond acceptors (Lipinski definition) is 6. The van der Waals surface area contributed by atoms with E-state index < -0.39 is 0 Å². The monoisotopic (exact) mass is 399 g/mol. The highest BCUT2D eigenvalue weighted by molar-refractivity contribution is 7.99. The van der Waals surface area contributed by atoms with Gasteiger partial charge in [-0.2, -0.15) is 11.8 Å². The number of ether oxygens (including phenoxy) is 2. The van der Waals surface area contributed by atoms with Gasteiger partial charge in [0, 0.05) is 55.7 Å². The third-order valence-electron chi connectivity index (χ3n) is 5.04. The van der Waals surface area contributed by atoms with Gasteiger partial charge >= 0.3 is 0 Å². The zero-order valence-corrected chi connectivity index (χ0v) is 16.9. The molecular weight excluding hydrogens is 374 g/mol. The number of carbonyl (C=O) groups is 1. The number of aryl methyl sites for hydroxylation is 1. The molecule has 2 aliphatic heterocycles. The topological polar surface area (TPSA) is 64.5 Å². The molecule has 0 spiro atoms. The molecule has 0 aliphatic carbocycles. The zero-order valence-electron chi connectivity index (χ0n) is 16.0. The SMILES string of the molecule is Cc1cccc(OC2CCN(C(=O)c3ccc(O[C@@H]4CCSC4)nc3)CC2)n1. The predicted octanol–water partition coefficient (Wildman–Crippen LogP) is 3.35. The summed E-state index contributed by atoms with van der Waals surface area (Å²) in [6.07, 6.45) is 4.61. The lowest BCUT2D eigenvalue weighted by atomic mass is 10.1. The molecule has 2 aliphatic rings. The van der Waals surface area contributed by atoms with E-state index in [4.69, 9.17) is 9.47 Å². The quantitative estimate of drug-likeness (QED) is 0.768. The van der Waals surface area contributed by atoms with Crippen molar-refractivity contribution in [2.24, 2.45) is 0 Å². The van der Waals surface area contributed by atoms with Crippen LogP contribution in [0, 0.1) is 6.92 Å². The van der Waals surface area contributed by atoms with Crippen molar-refractivity contribution >= 4 is 17.7 Å². The van der Waals surface area contributed by atoms with E-state index in [0.717, 1.165) is 36.5 Å². The van der Waals surface area contributed by atoms with Gasteiger partial charge in [0.15, 0.2) is 0 Å². The normalized spacial score (nSPS) is 20.2. The molecule has 2 fully saturated rings. The van der Waals surface area contributed by atoms with Crippen LogP contribution in [0.3, 0.4) is 0 Å². The zero-order chi connectivity index (χ0) is 19.3. The molecule has 1 amide bonds. The molecule has 0 saturated carbocycles. The maximum Gasteiger partial charge on any atom is 0.255 e. The van der Waals surface area contributed by atoms with E-state index in [2.05, 4.69) is 9.97 Å². The molecule has 2 saturated heterocycles. The Morgan fingerprint density at radius 3 is 2.57 bits per heavy atom. The second kappa shape index (κ2) is 8.82. The van der Waals surface area contributed by atoms with Crippen molar-refractivity contribution in [1.82, 2.24) is 14.9 Å². The van der Waals surface area contributed by atoms with Crippen LogP contribution in [0.2, 0.25) is 0 Å². The van der Waals surface area contributed by atoms with Gasteiger partial charge in [-0.1, -0.05) is 6.07 Å². The molecule has 0 N–H and O–H groups in total. The van der Waals surface area contributed by atoms with E-state index >= 15 is 0 Å². The lowest BCUT2D eigenvalue weighted by molar-refractivity contribution is 0.0587. The lowest BCUT2D eigenvalue weighted by Gasteiger charge is -2.32. The number of piperidine rings is 1. The van der Waals surface area contributed by atoms with Gasteiger partial charge in [-0.15, -0.1) is 0 Å². The Kier molecular flexibility index (Phi) is 6.00. The van der Waals surface area contributed by atoms with Gasteiger partial charge in [-0.25, -0.2) is 9.97 Å². The molecule has 0 unspecified atom stereocenters. The van der Waals surface area contributed by atoms with E-state index in [-0.39, 0.29) is 18.1 Å². The summed E-state index contributed by atoms with van der Waals surface area (Å²) in [6.45, 7) is 3.30. The van der Waals surface area contributed by atoms with Crippen molar-refractivity contribution in [2.45, 2.75) is 38.4 Å². The minimum absolute atomic E-state index is 0.0163. The van der Waals surface area contributed by atoms with E-state index in [1.54, 1.807) is 12.3 Å². The predicted molar refractivity (Wildman–Crippen MR) is 109 cm³/mol. The Morgan fingerprint density at radius 2 is 1.89 bits per heavy atom. The van der Waals surface area contributed by atoms with Gasteiger partial charge < -0.3 is 14.4 Å². The Labute approximate surface area is 169 Å². The molecule has 1 atom stereocenters. The summed E-state index contributed by atoms with van der Waals surface area (Å²) in [4.78, 5) is 23.3. The number of amides is 1. The Hall–Kier alpha value is -2.28. The summed E-state index contributed by atoms with van der Waals surface area (Å²) in [5.74, 6) is 3.42. The first-order valence-corrected chi connectivity index (χ1v) is 10.9. The maximum absolute atomic E-state index is 12.8. The largest absolute Gasteiger partial charge is 0.474 e. The fourth-order valence-corrected chi connectivity index (χ4v) is 4.56. The number of pyridine rings is 2. The van der Waals surface area contributed by atoms with Gasteiger partial charge in [0.05, 0.1) is 5.56 Å². The van der Waals surface area contributed by atoms with Gasteiger partial charge in [0.2, 0.25) is 11.8 Å². The molecule has 6 nitrogen and oxygen atoms in total. The summed E-state index contributed by atoms with van der Waals surface area (Å²) in [5, 5.41) is 0. The van der Waals surface area contributed by atoms with Gasteiger partial charge in [-0.3, -0.25) is 4.79 Å².